The molecule has 3 rings (SSSR count). The number of imide groups is 1. The number of carbonyl (C=O) groups excluding carboxylic acids is 3. The highest BCUT2D eigenvalue weighted by atomic mass is 79.9. The SMILES string of the molecule is COc1ccc(Br)cc1NC(=O)CCCN1C(=O)c2ccc(Br)cc2C1=O. The maximum Gasteiger partial charge on any atom is 0.261 e. The summed E-state index contributed by atoms with van der Waals surface area (Å²) in [6, 6.07) is 10.3. The zero-order valence-corrected chi connectivity index (χ0v) is 17.6. The Morgan fingerprint density at radius 3 is 2.44 bits per heavy atom. The van der Waals surface area contributed by atoms with E-state index in [4.69, 9.17) is 4.74 Å². The van der Waals surface area contributed by atoms with E-state index in [1.165, 1.54) is 12.0 Å². The molecule has 0 aromatic heterocycles. The summed E-state index contributed by atoms with van der Waals surface area (Å²) in [6.45, 7) is 0.188. The van der Waals surface area contributed by atoms with Crippen molar-refractivity contribution in [2.24, 2.45) is 0 Å². The van der Waals surface area contributed by atoms with Crippen molar-refractivity contribution in [3.05, 3.63) is 56.5 Å². The Labute approximate surface area is 173 Å². The van der Waals surface area contributed by atoms with Gasteiger partial charge in [-0.15, -0.1) is 0 Å². The predicted molar refractivity (Wildman–Crippen MR) is 108 cm³/mol. The Morgan fingerprint density at radius 2 is 1.70 bits per heavy atom. The van der Waals surface area contributed by atoms with Gasteiger partial charge in [-0.1, -0.05) is 31.9 Å². The number of hydrogen-bond acceptors (Lipinski definition) is 4. The number of carbonyl (C=O) groups is 3. The Morgan fingerprint density at radius 1 is 1.04 bits per heavy atom. The molecule has 1 aliphatic rings. The number of fused-ring (bicyclic) bond motifs is 1. The first-order valence-electron chi connectivity index (χ1n) is 8.20. The molecule has 0 unspecified atom stereocenters. The van der Waals surface area contributed by atoms with Gasteiger partial charge in [-0.25, -0.2) is 0 Å². The lowest BCUT2D eigenvalue weighted by molar-refractivity contribution is -0.116. The van der Waals surface area contributed by atoms with Crippen molar-refractivity contribution in [3.8, 4) is 5.75 Å². The fraction of sp³-hybridized carbons (Fsp3) is 0.211. The molecule has 0 atom stereocenters. The van der Waals surface area contributed by atoms with Gasteiger partial charge in [0, 0.05) is 21.9 Å². The molecule has 1 N–H and O–H groups in total. The van der Waals surface area contributed by atoms with E-state index >= 15 is 0 Å². The van der Waals surface area contributed by atoms with Crippen LogP contribution in [0.2, 0.25) is 0 Å². The van der Waals surface area contributed by atoms with Crippen LogP contribution in [0.4, 0.5) is 5.69 Å². The first-order chi connectivity index (χ1) is 12.9. The molecule has 0 fully saturated rings. The molecule has 3 amide bonds. The minimum absolute atomic E-state index is 0.173. The fourth-order valence-electron chi connectivity index (χ4n) is 2.85. The van der Waals surface area contributed by atoms with Crippen LogP contribution in [0.15, 0.2) is 45.3 Å². The van der Waals surface area contributed by atoms with Crippen LogP contribution in [0.5, 0.6) is 5.75 Å². The van der Waals surface area contributed by atoms with Gasteiger partial charge in [-0.2, -0.15) is 0 Å². The van der Waals surface area contributed by atoms with Crippen LogP contribution in [0.3, 0.4) is 0 Å². The van der Waals surface area contributed by atoms with Gasteiger partial charge in [-0.05, 0) is 42.8 Å². The highest BCUT2D eigenvalue weighted by molar-refractivity contribution is 9.10. The van der Waals surface area contributed by atoms with Crippen LogP contribution in [-0.2, 0) is 4.79 Å². The molecule has 0 saturated heterocycles. The highest BCUT2D eigenvalue weighted by Crippen LogP contribution is 2.28. The van der Waals surface area contributed by atoms with E-state index in [0.29, 0.717) is 29.0 Å². The number of anilines is 1. The number of rotatable bonds is 6. The highest BCUT2D eigenvalue weighted by Gasteiger charge is 2.35. The van der Waals surface area contributed by atoms with E-state index in [-0.39, 0.29) is 30.7 Å². The number of benzene rings is 2. The van der Waals surface area contributed by atoms with E-state index < -0.39 is 0 Å². The zero-order chi connectivity index (χ0) is 19.6. The molecule has 2 aromatic carbocycles. The van der Waals surface area contributed by atoms with Crippen LogP contribution in [0, 0.1) is 0 Å². The number of nitrogens with zero attached hydrogens (tertiary/aromatic N) is 1. The monoisotopic (exact) mass is 494 g/mol. The van der Waals surface area contributed by atoms with E-state index in [1.54, 1.807) is 30.3 Å². The minimum Gasteiger partial charge on any atom is -0.495 e. The lowest BCUT2D eigenvalue weighted by Gasteiger charge is -2.14. The van der Waals surface area contributed by atoms with Gasteiger partial charge in [0.1, 0.15) is 5.75 Å². The molecule has 8 heteroatoms. The summed E-state index contributed by atoms with van der Waals surface area (Å²) >= 11 is 6.66. The Hall–Kier alpha value is -2.19. The summed E-state index contributed by atoms with van der Waals surface area (Å²) in [5.41, 5.74) is 1.34. The van der Waals surface area contributed by atoms with Crippen molar-refractivity contribution < 1.29 is 19.1 Å². The molecule has 2 aromatic rings. The van der Waals surface area contributed by atoms with Crippen molar-refractivity contribution in [1.82, 2.24) is 4.90 Å². The molecule has 0 bridgehead atoms. The summed E-state index contributed by atoms with van der Waals surface area (Å²) in [4.78, 5) is 38.2. The van der Waals surface area contributed by atoms with Crippen molar-refractivity contribution in [3.63, 3.8) is 0 Å². The van der Waals surface area contributed by atoms with Crippen molar-refractivity contribution in [2.75, 3.05) is 19.0 Å². The Kier molecular flexibility index (Phi) is 5.96. The van der Waals surface area contributed by atoms with Crippen LogP contribution >= 0.6 is 31.9 Å². The van der Waals surface area contributed by atoms with Gasteiger partial charge >= 0.3 is 0 Å². The zero-order valence-electron chi connectivity index (χ0n) is 14.4. The van der Waals surface area contributed by atoms with Crippen LogP contribution in [-0.4, -0.2) is 36.3 Å². The second-order valence-corrected chi connectivity index (χ2v) is 7.78. The fourth-order valence-corrected chi connectivity index (χ4v) is 3.58. The summed E-state index contributed by atoms with van der Waals surface area (Å²) in [5, 5.41) is 2.79. The topological polar surface area (TPSA) is 75.7 Å². The lowest BCUT2D eigenvalue weighted by atomic mass is 10.1. The molecule has 6 nitrogen and oxygen atoms in total. The quantitative estimate of drug-likeness (QED) is 0.608. The lowest BCUT2D eigenvalue weighted by Crippen LogP contribution is -2.31. The second kappa shape index (κ2) is 8.22. The third kappa shape index (κ3) is 4.22. The number of nitrogens with one attached hydrogen (secondary N) is 1. The van der Waals surface area contributed by atoms with E-state index in [0.717, 1.165) is 8.95 Å². The summed E-state index contributed by atoms with van der Waals surface area (Å²) < 4.78 is 6.78. The van der Waals surface area contributed by atoms with Crippen molar-refractivity contribution >= 4 is 55.3 Å². The normalized spacial score (nSPS) is 12.9. The van der Waals surface area contributed by atoms with Gasteiger partial charge in [0.15, 0.2) is 0 Å². The second-order valence-electron chi connectivity index (χ2n) is 5.95. The molecule has 1 aliphatic heterocycles. The Balaban J connectivity index is 1.58. The maximum absolute atomic E-state index is 12.4. The molecule has 140 valence electrons. The third-order valence-corrected chi connectivity index (χ3v) is 5.14. The molecule has 0 spiro atoms. The van der Waals surface area contributed by atoms with Crippen LogP contribution < -0.4 is 10.1 Å². The average molecular weight is 496 g/mol. The first kappa shape index (κ1) is 19.6. The molecule has 1 heterocycles. The smallest absolute Gasteiger partial charge is 0.261 e. The maximum atomic E-state index is 12.4. The number of hydrogen-bond donors (Lipinski definition) is 1. The van der Waals surface area contributed by atoms with Gasteiger partial charge < -0.3 is 10.1 Å². The molecular weight excluding hydrogens is 480 g/mol. The summed E-state index contributed by atoms with van der Waals surface area (Å²) in [6.07, 6.45) is 0.543. The van der Waals surface area contributed by atoms with Crippen LogP contribution in [0.25, 0.3) is 0 Å². The largest absolute Gasteiger partial charge is 0.495 e. The predicted octanol–water partition coefficient (Wildman–Crippen LogP) is 4.24. The van der Waals surface area contributed by atoms with Gasteiger partial charge in [0.25, 0.3) is 11.8 Å². The Bertz CT molecular complexity index is 930. The summed E-state index contributed by atoms with van der Waals surface area (Å²) in [5.74, 6) is -0.315. The van der Waals surface area contributed by atoms with Crippen LogP contribution in [0.1, 0.15) is 33.6 Å². The average Bonchev–Trinajstić information content (AvgIpc) is 2.86. The van der Waals surface area contributed by atoms with E-state index in [1.807, 2.05) is 6.07 Å². The standard InChI is InChI=1S/C19H16Br2N2O4/c1-27-16-7-5-12(21)10-15(16)22-17(24)3-2-8-23-18(25)13-6-4-11(20)9-14(13)19(23)26/h4-7,9-10H,2-3,8H2,1H3,(H,22,24). The van der Waals surface area contributed by atoms with E-state index in [9.17, 15) is 14.4 Å². The van der Waals surface area contributed by atoms with E-state index in [2.05, 4.69) is 37.2 Å². The minimum atomic E-state index is -0.328. The van der Waals surface area contributed by atoms with Gasteiger partial charge in [0.05, 0.1) is 23.9 Å². The molecule has 0 radical (unpaired) electrons. The molecular formula is C19H16Br2N2O4. The van der Waals surface area contributed by atoms with Crippen molar-refractivity contribution in [1.29, 1.82) is 0 Å². The number of halogens is 2. The number of methoxy groups -OCH3 is 1. The first-order valence-corrected chi connectivity index (χ1v) is 9.78. The molecule has 0 saturated carbocycles. The molecule has 0 aliphatic carbocycles. The third-order valence-electron chi connectivity index (χ3n) is 4.15. The molecule has 27 heavy (non-hydrogen) atoms. The number of ether oxygens (including phenoxy) is 1. The van der Waals surface area contributed by atoms with Gasteiger partial charge in [0.2, 0.25) is 5.91 Å². The van der Waals surface area contributed by atoms with Gasteiger partial charge in [-0.3, -0.25) is 19.3 Å². The number of amides is 3. The van der Waals surface area contributed by atoms with Crippen molar-refractivity contribution in [2.45, 2.75) is 12.8 Å². The summed E-state index contributed by atoms with van der Waals surface area (Å²) in [7, 11) is 1.53.